The van der Waals surface area contributed by atoms with Gasteiger partial charge < -0.3 is 29.4 Å². The van der Waals surface area contributed by atoms with Crippen molar-refractivity contribution >= 4 is 17.6 Å². The molecule has 0 radical (unpaired) electrons. The van der Waals surface area contributed by atoms with Crippen LogP contribution in [0.2, 0.25) is 5.02 Å². The fraction of sp³-hybridized carbons (Fsp3) is 0.214. The van der Waals surface area contributed by atoms with Gasteiger partial charge in [-0.05, 0) is 55.8 Å². The first kappa shape index (κ1) is 25.7. The van der Waals surface area contributed by atoms with E-state index in [1.54, 1.807) is 36.4 Å². The van der Waals surface area contributed by atoms with E-state index in [1.165, 1.54) is 13.2 Å². The van der Waals surface area contributed by atoms with Crippen molar-refractivity contribution in [3.63, 3.8) is 0 Å². The third-order valence-corrected chi connectivity index (χ3v) is 5.98. The van der Waals surface area contributed by atoms with E-state index in [-0.39, 0.29) is 27.8 Å². The van der Waals surface area contributed by atoms with Crippen LogP contribution in [-0.4, -0.2) is 26.3 Å². The molecular formula is C28H25ClN2O6. The van der Waals surface area contributed by atoms with Crippen molar-refractivity contribution in [1.29, 1.82) is 5.26 Å². The second-order valence-corrected chi connectivity index (χ2v) is 8.34. The van der Waals surface area contributed by atoms with Crippen molar-refractivity contribution in [3.8, 4) is 34.8 Å². The number of esters is 1. The lowest BCUT2D eigenvalue weighted by Gasteiger charge is -2.27. The molecule has 0 amide bonds. The molecule has 0 bridgehead atoms. The first-order chi connectivity index (χ1) is 17.9. The molecule has 0 aromatic heterocycles. The third kappa shape index (κ3) is 5.27. The first-order valence-corrected chi connectivity index (χ1v) is 11.9. The minimum Gasteiger partial charge on any atom is -0.495 e. The number of fused-ring (bicyclic) bond motifs is 1. The van der Waals surface area contributed by atoms with E-state index in [4.69, 9.17) is 41.0 Å². The Morgan fingerprint density at radius 1 is 1.03 bits per heavy atom. The minimum absolute atomic E-state index is 0.0303. The lowest BCUT2D eigenvalue weighted by molar-refractivity contribution is 0.0734. The number of nitrogens with zero attached hydrogens (tertiary/aromatic N) is 1. The zero-order chi connectivity index (χ0) is 26.5. The maximum atomic E-state index is 12.7. The smallest absolute Gasteiger partial charge is 0.343 e. The number of rotatable bonds is 8. The van der Waals surface area contributed by atoms with Crippen LogP contribution in [0.4, 0.5) is 0 Å². The fourth-order valence-corrected chi connectivity index (χ4v) is 4.31. The van der Waals surface area contributed by atoms with Gasteiger partial charge in [-0.3, -0.25) is 0 Å². The van der Waals surface area contributed by atoms with Gasteiger partial charge >= 0.3 is 5.97 Å². The normalized spacial score (nSPS) is 14.2. The van der Waals surface area contributed by atoms with E-state index < -0.39 is 11.9 Å². The van der Waals surface area contributed by atoms with Gasteiger partial charge in [0.2, 0.25) is 5.88 Å². The molecule has 1 heterocycles. The molecule has 0 fully saturated rings. The maximum absolute atomic E-state index is 12.7. The summed E-state index contributed by atoms with van der Waals surface area (Å²) in [5.74, 6) is 1.07. The highest BCUT2D eigenvalue weighted by atomic mass is 35.5. The Morgan fingerprint density at radius 3 is 2.43 bits per heavy atom. The van der Waals surface area contributed by atoms with E-state index in [0.29, 0.717) is 41.8 Å². The molecule has 4 rings (SSSR count). The molecule has 0 spiro atoms. The Morgan fingerprint density at radius 2 is 1.76 bits per heavy atom. The summed E-state index contributed by atoms with van der Waals surface area (Å²) in [6.45, 7) is 4.71. The van der Waals surface area contributed by atoms with Crippen LogP contribution < -0.4 is 29.4 Å². The van der Waals surface area contributed by atoms with Gasteiger partial charge in [-0.15, -0.1) is 0 Å². The number of carbonyl (C=O) groups is 1. The predicted octanol–water partition coefficient (Wildman–Crippen LogP) is 5.58. The Hall–Kier alpha value is -4.35. The van der Waals surface area contributed by atoms with Gasteiger partial charge in [0.15, 0.2) is 11.5 Å². The van der Waals surface area contributed by atoms with Crippen LogP contribution in [0, 0.1) is 11.3 Å². The van der Waals surface area contributed by atoms with Gasteiger partial charge in [0.25, 0.3) is 0 Å². The van der Waals surface area contributed by atoms with Gasteiger partial charge in [0, 0.05) is 11.6 Å². The zero-order valence-electron chi connectivity index (χ0n) is 20.5. The lowest BCUT2D eigenvalue weighted by Crippen LogP contribution is -2.21. The summed E-state index contributed by atoms with van der Waals surface area (Å²) < 4.78 is 27.9. The summed E-state index contributed by atoms with van der Waals surface area (Å²) in [6.07, 6.45) is 0. The Bertz CT molecular complexity index is 1410. The van der Waals surface area contributed by atoms with Gasteiger partial charge in [-0.25, -0.2) is 4.79 Å². The van der Waals surface area contributed by atoms with Gasteiger partial charge in [0.1, 0.15) is 28.9 Å². The van der Waals surface area contributed by atoms with Crippen molar-refractivity contribution in [1.82, 2.24) is 0 Å². The maximum Gasteiger partial charge on any atom is 0.343 e. The SMILES string of the molecule is CCOc1ccc(C2C(C#N)=C(N)Oc3cc(OC(=O)c4ccc(OC)c(Cl)c4)ccc32)cc1OCC. The number of ether oxygens (including phenoxy) is 5. The van der Waals surface area contributed by atoms with Crippen molar-refractivity contribution in [3.05, 3.63) is 87.8 Å². The number of halogens is 1. The highest BCUT2D eigenvalue weighted by molar-refractivity contribution is 6.32. The predicted molar refractivity (Wildman–Crippen MR) is 137 cm³/mol. The van der Waals surface area contributed by atoms with Gasteiger partial charge in [-0.2, -0.15) is 5.26 Å². The highest BCUT2D eigenvalue weighted by Gasteiger charge is 2.32. The number of nitriles is 1. The van der Waals surface area contributed by atoms with Crippen LogP contribution in [0.15, 0.2) is 66.1 Å². The molecule has 1 aliphatic rings. The molecule has 3 aromatic carbocycles. The summed E-state index contributed by atoms with van der Waals surface area (Å²) in [4.78, 5) is 12.7. The highest BCUT2D eigenvalue weighted by Crippen LogP contribution is 2.45. The number of carbonyl (C=O) groups excluding carboxylic acids is 1. The fourth-order valence-electron chi connectivity index (χ4n) is 4.05. The molecule has 190 valence electrons. The quantitative estimate of drug-likeness (QED) is 0.302. The molecule has 1 aliphatic heterocycles. The van der Waals surface area contributed by atoms with Crippen LogP contribution in [0.25, 0.3) is 0 Å². The van der Waals surface area contributed by atoms with E-state index in [2.05, 4.69) is 6.07 Å². The van der Waals surface area contributed by atoms with Gasteiger partial charge in [0.05, 0.1) is 36.8 Å². The average Bonchev–Trinajstić information content (AvgIpc) is 2.89. The molecule has 1 unspecified atom stereocenters. The van der Waals surface area contributed by atoms with Crippen molar-refractivity contribution in [2.75, 3.05) is 20.3 Å². The van der Waals surface area contributed by atoms with Crippen LogP contribution in [0.3, 0.4) is 0 Å². The summed E-state index contributed by atoms with van der Waals surface area (Å²) in [5.41, 5.74) is 8.11. The van der Waals surface area contributed by atoms with Crippen LogP contribution in [0.1, 0.15) is 41.3 Å². The monoisotopic (exact) mass is 520 g/mol. The second kappa shape index (κ2) is 11.1. The van der Waals surface area contributed by atoms with E-state index in [0.717, 1.165) is 5.56 Å². The van der Waals surface area contributed by atoms with E-state index >= 15 is 0 Å². The number of hydrogen-bond acceptors (Lipinski definition) is 8. The summed E-state index contributed by atoms with van der Waals surface area (Å²) in [5, 5.41) is 10.2. The molecule has 8 nitrogen and oxygen atoms in total. The zero-order valence-corrected chi connectivity index (χ0v) is 21.3. The third-order valence-electron chi connectivity index (χ3n) is 5.69. The number of methoxy groups -OCH3 is 1. The van der Waals surface area contributed by atoms with Crippen LogP contribution in [-0.2, 0) is 0 Å². The summed E-state index contributed by atoms with van der Waals surface area (Å²) >= 11 is 6.13. The van der Waals surface area contributed by atoms with Crippen molar-refractivity contribution in [2.45, 2.75) is 19.8 Å². The molecule has 0 saturated heterocycles. The first-order valence-electron chi connectivity index (χ1n) is 11.6. The number of hydrogen-bond donors (Lipinski definition) is 1. The average molecular weight is 521 g/mol. The molecule has 0 saturated carbocycles. The molecule has 0 aliphatic carbocycles. The van der Waals surface area contributed by atoms with Gasteiger partial charge in [-0.1, -0.05) is 23.7 Å². The summed E-state index contributed by atoms with van der Waals surface area (Å²) in [6, 6.07) is 17.2. The Kier molecular flexibility index (Phi) is 7.75. The molecule has 9 heteroatoms. The van der Waals surface area contributed by atoms with E-state index in [1.807, 2.05) is 26.0 Å². The number of allylic oxidation sites excluding steroid dienone is 1. The Labute approximate surface area is 219 Å². The summed E-state index contributed by atoms with van der Waals surface area (Å²) in [7, 11) is 1.49. The van der Waals surface area contributed by atoms with Crippen LogP contribution in [0.5, 0.6) is 28.7 Å². The largest absolute Gasteiger partial charge is 0.495 e. The standard InChI is InChI=1S/C28H25ClN2O6/c1-4-34-23-11-6-16(13-25(23)35-5-2)26-19-9-8-18(14-24(19)37-27(31)20(26)15-30)36-28(32)17-7-10-22(33-3)21(29)12-17/h6-14,26H,4-5,31H2,1-3H3. The molecule has 37 heavy (non-hydrogen) atoms. The lowest BCUT2D eigenvalue weighted by atomic mass is 9.83. The van der Waals surface area contributed by atoms with Crippen molar-refractivity contribution < 1.29 is 28.5 Å². The second-order valence-electron chi connectivity index (χ2n) is 7.94. The molecule has 1 atom stereocenters. The van der Waals surface area contributed by atoms with Crippen LogP contribution >= 0.6 is 11.6 Å². The van der Waals surface area contributed by atoms with Crippen molar-refractivity contribution in [2.24, 2.45) is 5.73 Å². The molecule has 2 N–H and O–H groups in total. The number of benzene rings is 3. The topological polar surface area (TPSA) is 113 Å². The minimum atomic E-state index is -0.606. The van der Waals surface area contributed by atoms with E-state index in [9.17, 15) is 10.1 Å². The Balaban J connectivity index is 1.68. The molecular weight excluding hydrogens is 496 g/mol. The molecule has 3 aromatic rings. The number of nitrogens with two attached hydrogens (primary N) is 1.